The first kappa shape index (κ1) is 15.4. The van der Waals surface area contributed by atoms with Gasteiger partial charge >= 0.3 is 0 Å². The molecule has 0 amide bonds. The van der Waals surface area contributed by atoms with Crippen LogP contribution in [-0.2, 0) is 0 Å². The van der Waals surface area contributed by atoms with Crippen molar-refractivity contribution in [3.8, 4) is 6.07 Å². The molecule has 0 bridgehead atoms. The number of nitrogens with zero attached hydrogens (tertiary/aromatic N) is 2. The molecule has 0 fully saturated rings. The Kier molecular flexibility index (Phi) is 6.62. The SMILES string of the molecule is CCCC(C)N(C)CC(C)(C#N)NC(C)C. The lowest BCUT2D eigenvalue weighted by Crippen LogP contribution is -2.53. The van der Waals surface area contributed by atoms with Gasteiger partial charge in [-0.2, -0.15) is 5.26 Å². The molecule has 16 heavy (non-hydrogen) atoms. The van der Waals surface area contributed by atoms with Gasteiger partial charge in [0.25, 0.3) is 0 Å². The van der Waals surface area contributed by atoms with Gasteiger partial charge in [0.2, 0.25) is 0 Å². The first-order valence-electron chi connectivity index (χ1n) is 6.23. The zero-order valence-corrected chi connectivity index (χ0v) is 11.7. The van der Waals surface area contributed by atoms with Gasteiger partial charge < -0.3 is 4.90 Å². The van der Waals surface area contributed by atoms with Crippen molar-refractivity contribution in [1.29, 1.82) is 5.26 Å². The molecule has 0 radical (unpaired) electrons. The molecule has 0 spiro atoms. The van der Waals surface area contributed by atoms with Crippen LogP contribution in [0.15, 0.2) is 0 Å². The quantitative estimate of drug-likeness (QED) is 0.723. The average Bonchev–Trinajstić information content (AvgIpc) is 2.16. The monoisotopic (exact) mass is 225 g/mol. The molecule has 0 saturated heterocycles. The smallest absolute Gasteiger partial charge is 0.116 e. The van der Waals surface area contributed by atoms with E-state index in [0.717, 1.165) is 6.54 Å². The van der Waals surface area contributed by atoms with Crippen LogP contribution in [0, 0.1) is 11.3 Å². The maximum absolute atomic E-state index is 9.26. The number of nitrogens with one attached hydrogen (secondary N) is 1. The number of rotatable bonds is 7. The van der Waals surface area contributed by atoms with Gasteiger partial charge in [-0.1, -0.05) is 13.3 Å². The highest BCUT2D eigenvalue weighted by molar-refractivity contribution is 5.06. The fraction of sp³-hybridized carbons (Fsp3) is 0.923. The van der Waals surface area contributed by atoms with Gasteiger partial charge in [-0.3, -0.25) is 5.32 Å². The zero-order chi connectivity index (χ0) is 12.8. The van der Waals surface area contributed by atoms with Crippen molar-refractivity contribution in [2.24, 2.45) is 0 Å². The Hall–Kier alpha value is -0.590. The Morgan fingerprint density at radius 1 is 1.38 bits per heavy atom. The van der Waals surface area contributed by atoms with E-state index in [0.29, 0.717) is 12.1 Å². The second-order valence-electron chi connectivity index (χ2n) is 5.30. The van der Waals surface area contributed by atoms with Gasteiger partial charge in [-0.25, -0.2) is 0 Å². The Labute approximate surface area is 101 Å². The molecule has 0 aromatic heterocycles. The van der Waals surface area contributed by atoms with Crippen LogP contribution in [0.1, 0.15) is 47.5 Å². The fourth-order valence-electron chi connectivity index (χ4n) is 2.04. The van der Waals surface area contributed by atoms with Crippen LogP contribution in [-0.4, -0.2) is 36.1 Å². The predicted molar refractivity (Wildman–Crippen MR) is 69.3 cm³/mol. The average molecular weight is 225 g/mol. The molecule has 2 atom stereocenters. The summed E-state index contributed by atoms with van der Waals surface area (Å²) in [6, 6.07) is 3.25. The van der Waals surface area contributed by atoms with Gasteiger partial charge in [0, 0.05) is 18.6 Å². The van der Waals surface area contributed by atoms with Crippen molar-refractivity contribution in [2.45, 2.75) is 65.1 Å². The Bertz CT molecular complexity index is 232. The third kappa shape index (κ3) is 5.48. The molecule has 3 nitrogen and oxygen atoms in total. The summed E-state index contributed by atoms with van der Waals surface area (Å²) < 4.78 is 0. The minimum absolute atomic E-state index is 0.333. The molecular formula is C13H27N3. The van der Waals surface area contributed by atoms with E-state index in [-0.39, 0.29) is 0 Å². The maximum atomic E-state index is 9.26. The summed E-state index contributed by atoms with van der Waals surface area (Å²) in [6.45, 7) is 11.3. The Balaban J connectivity index is 4.36. The summed E-state index contributed by atoms with van der Waals surface area (Å²) in [5.41, 5.74) is -0.453. The van der Waals surface area contributed by atoms with E-state index in [1.54, 1.807) is 0 Å². The van der Waals surface area contributed by atoms with E-state index < -0.39 is 5.54 Å². The van der Waals surface area contributed by atoms with Crippen molar-refractivity contribution in [2.75, 3.05) is 13.6 Å². The van der Waals surface area contributed by atoms with Crippen LogP contribution in [0.2, 0.25) is 0 Å². The molecule has 1 N–H and O–H groups in total. The lowest BCUT2D eigenvalue weighted by Gasteiger charge is -2.33. The molecule has 0 saturated carbocycles. The van der Waals surface area contributed by atoms with Crippen molar-refractivity contribution >= 4 is 0 Å². The van der Waals surface area contributed by atoms with Crippen molar-refractivity contribution in [1.82, 2.24) is 10.2 Å². The molecule has 0 aliphatic rings. The van der Waals surface area contributed by atoms with Gasteiger partial charge in [0.1, 0.15) is 5.54 Å². The molecule has 0 aliphatic carbocycles. The van der Waals surface area contributed by atoms with Gasteiger partial charge in [-0.05, 0) is 41.2 Å². The molecule has 3 heteroatoms. The number of hydrogen-bond acceptors (Lipinski definition) is 3. The molecule has 0 aromatic rings. The van der Waals surface area contributed by atoms with Gasteiger partial charge in [0.15, 0.2) is 0 Å². The fourth-order valence-corrected chi connectivity index (χ4v) is 2.04. The first-order valence-corrected chi connectivity index (χ1v) is 6.23. The molecule has 0 aliphatic heterocycles. The lowest BCUT2D eigenvalue weighted by atomic mass is 10.0. The van der Waals surface area contributed by atoms with Crippen LogP contribution in [0.4, 0.5) is 0 Å². The maximum Gasteiger partial charge on any atom is 0.116 e. The van der Waals surface area contributed by atoms with Crippen molar-refractivity contribution in [3.63, 3.8) is 0 Å². The van der Waals surface area contributed by atoms with Gasteiger partial charge in [-0.15, -0.1) is 0 Å². The molecule has 94 valence electrons. The molecule has 0 aromatic carbocycles. The molecule has 0 heterocycles. The predicted octanol–water partition coefficient (Wildman–Crippen LogP) is 2.39. The van der Waals surface area contributed by atoms with Crippen molar-refractivity contribution in [3.05, 3.63) is 0 Å². The molecule has 0 rings (SSSR count). The third-order valence-electron chi connectivity index (χ3n) is 2.88. The number of nitriles is 1. The molecule has 2 unspecified atom stereocenters. The summed E-state index contributed by atoms with van der Waals surface area (Å²) in [6.07, 6.45) is 2.37. The number of likely N-dealkylation sites (N-methyl/N-ethyl adjacent to an activating group) is 1. The first-order chi connectivity index (χ1) is 7.34. The van der Waals surface area contributed by atoms with Crippen LogP contribution in [0.5, 0.6) is 0 Å². The van der Waals surface area contributed by atoms with E-state index in [2.05, 4.69) is 51.0 Å². The van der Waals surface area contributed by atoms with E-state index in [4.69, 9.17) is 0 Å². The topological polar surface area (TPSA) is 39.1 Å². The minimum atomic E-state index is -0.453. The van der Waals surface area contributed by atoms with E-state index in [1.807, 2.05) is 6.92 Å². The Morgan fingerprint density at radius 3 is 2.31 bits per heavy atom. The van der Waals surface area contributed by atoms with E-state index >= 15 is 0 Å². The second kappa shape index (κ2) is 6.88. The highest BCUT2D eigenvalue weighted by Gasteiger charge is 2.27. The summed E-state index contributed by atoms with van der Waals surface area (Å²) in [5, 5.41) is 12.6. The van der Waals surface area contributed by atoms with Crippen molar-refractivity contribution < 1.29 is 0 Å². The van der Waals surface area contributed by atoms with E-state index in [1.165, 1.54) is 12.8 Å². The van der Waals surface area contributed by atoms with Crippen LogP contribution in [0.3, 0.4) is 0 Å². The number of hydrogen-bond donors (Lipinski definition) is 1. The Morgan fingerprint density at radius 2 is 1.94 bits per heavy atom. The third-order valence-corrected chi connectivity index (χ3v) is 2.88. The summed E-state index contributed by atoms with van der Waals surface area (Å²) >= 11 is 0. The van der Waals surface area contributed by atoms with Crippen LogP contribution in [0.25, 0.3) is 0 Å². The largest absolute Gasteiger partial charge is 0.301 e. The van der Waals surface area contributed by atoms with Crippen LogP contribution >= 0.6 is 0 Å². The summed E-state index contributed by atoms with van der Waals surface area (Å²) in [5.74, 6) is 0. The highest BCUT2D eigenvalue weighted by Crippen LogP contribution is 2.11. The standard InChI is InChI=1S/C13H27N3/c1-7-8-12(4)16(6)10-13(5,9-14)15-11(2)3/h11-12,15H,7-8,10H2,1-6H3. The molecular weight excluding hydrogens is 198 g/mol. The van der Waals surface area contributed by atoms with E-state index in [9.17, 15) is 5.26 Å². The lowest BCUT2D eigenvalue weighted by molar-refractivity contribution is 0.194. The zero-order valence-electron chi connectivity index (χ0n) is 11.7. The minimum Gasteiger partial charge on any atom is -0.301 e. The summed E-state index contributed by atoms with van der Waals surface area (Å²) in [7, 11) is 2.10. The highest BCUT2D eigenvalue weighted by atomic mass is 15.2. The normalized spacial score (nSPS) is 17.2. The van der Waals surface area contributed by atoms with Gasteiger partial charge in [0.05, 0.1) is 6.07 Å². The second-order valence-corrected chi connectivity index (χ2v) is 5.30. The van der Waals surface area contributed by atoms with Crippen LogP contribution < -0.4 is 5.32 Å². The summed E-state index contributed by atoms with van der Waals surface area (Å²) in [4.78, 5) is 2.27.